The van der Waals surface area contributed by atoms with Crippen molar-refractivity contribution >= 4 is 34.9 Å². The summed E-state index contributed by atoms with van der Waals surface area (Å²) in [5.41, 5.74) is 1.61. The number of methoxy groups -OCH3 is 2. The molecule has 0 fully saturated rings. The molecule has 0 spiro atoms. The molecule has 3 rings (SSSR count). The molecule has 1 N–H and O–H groups in total. The standard InChI is InChI=1S/C17H16ClN3O5/c1-9(12-6-10(18)4-5-19-12)20-16-21-13-7-11(25-17(22)24-3)8-14(23-2)15(13)26-16/h4-9H,1-3H3,(H,20,21). The van der Waals surface area contributed by atoms with Gasteiger partial charge in [0.05, 0.1) is 26.0 Å². The van der Waals surface area contributed by atoms with E-state index in [0.717, 1.165) is 5.69 Å². The Labute approximate surface area is 154 Å². The fraction of sp³-hybridized carbons (Fsp3) is 0.235. The zero-order chi connectivity index (χ0) is 18.7. The van der Waals surface area contributed by atoms with Gasteiger partial charge >= 0.3 is 6.16 Å². The van der Waals surface area contributed by atoms with Crippen LogP contribution in [0, 0.1) is 0 Å². The third kappa shape index (κ3) is 3.80. The van der Waals surface area contributed by atoms with E-state index in [1.54, 1.807) is 24.4 Å². The van der Waals surface area contributed by atoms with Crippen LogP contribution < -0.4 is 14.8 Å². The average molecular weight is 378 g/mol. The van der Waals surface area contributed by atoms with Crippen molar-refractivity contribution in [2.75, 3.05) is 19.5 Å². The van der Waals surface area contributed by atoms with Crippen molar-refractivity contribution in [2.24, 2.45) is 0 Å². The summed E-state index contributed by atoms with van der Waals surface area (Å²) >= 11 is 5.99. The third-order valence-electron chi connectivity index (χ3n) is 3.54. The number of aromatic nitrogens is 2. The van der Waals surface area contributed by atoms with Gasteiger partial charge in [-0.05, 0) is 19.1 Å². The molecule has 2 aromatic heterocycles. The molecular formula is C17H16ClN3O5. The quantitative estimate of drug-likeness (QED) is 0.522. The Morgan fingerprint density at radius 2 is 2.12 bits per heavy atom. The highest BCUT2D eigenvalue weighted by atomic mass is 35.5. The molecule has 0 amide bonds. The maximum absolute atomic E-state index is 11.3. The Hall–Kier alpha value is -3.00. The van der Waals surface area contributed by atoms with Crippen LogP contribution >= 0.6 is 11.6 Å². The lowest BCUT2D eigenvalue weighted by molar-refractivity contribution is 0.121. The number of halogens is 1. The molecule has 26 heavy (non-hydrogen) atoms. The second-order valence-corrected chi connectivity index (χ2v) is 5.75. The summed E-state index contributed by atoms with van der Waals surface area (Å²) in [4.78, 5) is 19.9. The van der Waals surface area contributed by atoms with Crippen LogP contribution in [0.5, 0.6) is 11.5 Å². The molecule has 0 aliphatic heterocycles. The van der Waals surface area contributed by atoms with Gasteiger partial charge in [-0.3, -0.25) is 4.98 Å². The van der Waals surface area contributed by atoms with E-state index in [1.165, 1.54) is 20.3 Å². The fourth-order valence-corrected chi connectivity index (χ4v) is 2.47. The topological polar surface area (TPSA) is 95.7 Å². The molecule has 2 heterocycles. The number of nitrogens with one attached hydrogen (secondary N) is 1. The van der Waals surface area contributed by atoms with Crippen LogP contribution in [-0.4, -0.2) is 30.3 Å². The normalized spacial score (nSPS) is 11.8. The van der Waals surface area contributed by atoms with Gasteiger partial charge in [0, 0.05) is 23.4 Å². The van der Waals surface area contributed by atoms with E-state index in [2.05, 4.69) is 20.0 Å². The highest BCUT2D eigenvalue weighted by Crippen LogP contribution is 2.34. The van der Waals surface area contributed by atoms with Gasteiger partial charge in [0.15, 0.2) is 11.3 Å². The number of pyridine rings is 1. The van der Waals surface area contributed by atoms with Gasteiger partial charge in [0.1, 0.15) is 11.3 Å². The molecule has 8 nitrogen and oxygen atoms in total. The van der Waals surface area contributed by atoms with Gasteiger partial charge in [-0.25, -0.2) is 4.79 Å². The van der Waals surface area contributed by atoms with E-state index in [1.807, 2.05) is 6.92 Å². The van der Waals surface area contributed by atoms with Crippen LogP contribution in [0.15, 0.2) is 34.9 Å². The maximum atomic E-state index is 11.3. The lowest BCUT2D eigenvalue weighted by Crippen LogP contribution is -2.08. The fourth-order valence-electron chi connectivity index (χ4n) is 2.30. The highest BCUT2D eigenvalue weighted by Gasteiger charge is 2.17. The number of hydrogen-bond donors (Lipinski definition) is 1. The molecule has 0 bridgehead atoms. The number of oxazole rings is 1. The van der Waals surface area contributed by atoms with Crippen molar-refractivity contribution in [1.82, 2.24) is 9.97 Å². The summed E-state index contributed by atoms with van der Waals surface area (Å²) in [6.07, 6.45) is 0.787. The Kier molecular flexibility index (Phi) is 5.13. The SMILES string of the molecule is COC(=O)Oc1cc(OC)c2oc(NC(C)c3cc(Cl)ccn3)nc2c1. The lowest BCUT2D eigenvalue weighted by atomic mass is 10.2. The average Bonchev–Trinajstić information content (AvgIpc) is 3.03. The third-order valence-corrected chi connectivity index (χ3v) is 3.78. The van der Waals surface area contributed by atoms with Crippen LogP contribution in [0.3, 0.4) is 0 Å². The van der Waals surface area contributed by atoms with E-state index in [4.69, 9.17) is 25.5 Å². The van der Waals surface area contributed by atoms with Crippen molar-refractivity contribution in [3.8, 4) is 11.5 Å². The minimum absolute atomic E-state index is 0.196. The predicted molar refractivity (Wildman–Crippen MR) is 94.9 cm³/mol. The number of rotatable bonds is 5. The molecule has 136 valence electrons. The molecule has 1 atom stereocenters. The van der Waals surface area contributed by atoms with Gasteiger partial charge in [-0.2, -0.15) is 4.98 Å². The molecule has 1 aromatic carbocycles. The summed E-state index contributed by atoms with van der Waals surface area (Å²) in [6, 6.07) is 6.58. The van der Waals surface area contributed by atoms with E-state index < -0.39 is 6.16 Å². The van der Waals surface area contributed by atoms with Gasteiger partial charge in [0.2, 0.25) is 0 Å². The second-order valence-electron chi connectivity index (χ2n) is 5.31. The summed E-state index contributed by atoms with van der Waals surface area (Å²) in [6.45, 7) is 1.90. The number of carbonyl (C=O) groups is 1. The molecule has 0 aliphatic carbocycles. The van der Waals surface area contributed by atoms with Crippen molar-refractivity contribution < 1.29 is 23.4 Å². The Morgan fingerprint density at radius 3 is 2.81 bits per heavy atom. The molecule has 1 unspecified atom stereocenters. The van der Waals surface area contributed by atoms with Gasteiger partial charge in [0.25, 0.3) is 6.01 Å². The molecule has 0 radical (unpaired) electrons. The van der Waals surface area contributed by atoms with E-state index in [9.17, 15) is 4.79 Å². The largest absolute Gasteiger partial charge is 0.513 e. The minimum Gasteiger partial charge on any atom is -0.493 e. The van der Waals surface area contributed by atoms with Gasteiger partial charge < -0.3 is 23.9 Å². The van der Waals surface area contributed by atoms with Crippen LogP contribution in [0.4, 0.5) is 10.8 Å². The van der Waals surface area contributed by atoms with Crippen molar-refractivity contribution in [2.45, 2.75) is 13.0 Å². The first-order valence-electron chi connectivity index (χ1n) is 7.62. The zero-order valence-corrected chi connectivity index (χ0v) is 15.0. The number of fused-ring (bicyclic) bond motifs is 1. The maximum Gasteiger partial charge on any atom is 0.513 e. The smallest absolute Gasteiger partial charge is 0.493 e. The molecule has 0 saturated heterocycles. The molecule has 3 aromatic rings. The van der Waals surface area contributed by atoms with Crippen molar-refractivity contribution in [3.05, 3.63) is 41.2 Å². The first kappa shape index (κ1) is 17.8. The van der Waals surface area contributed by atoms with E-state index >= 15 is 0 Å². The zero-order valence-electron chi connectivity index (χ0n) is 14.3. The number of carbonyl (C=O) groups excluding carboxylic acids is 1. The molecular weight excluding hydrogens is 362 g/mol. The first-order valence-corrected chi connectivity index (χ1v) is 8.00. The first-order chi connectivity index (χ1) is 12.5. The molecule has 9 heteroatoms. The van der Waals surface area contributed by atoms with Crippen LogP contribution in [0.1, 0.15) is 18.7 Å². The summed E-state index contributed by atoms with van der Waals surface area (Å²) in [7, 11) is 2.70. The van der Waals surface area contributed by atoms with Crippen molar-refractivity contribution in [3.63, 3.8) is 0 Å². The van der Waals surface area contributed by atoms with E-state index in [0.29, 0.717) is 21.9 Å². The highest BCUT2D eigenvalue weighted by molar-refractivity contribution is 6.30. The van der Waals surface area contributed by atoms with Gasteiger partial charge in [-0.1, -0.05) is 11.6 Å². The van der Waals surface area contributed by atoms with Crippen LogP contribution in [0.2, 0.25) is 5.02 Å². The Balaban J connectivity index is 1.89. The van der Waals surface area contributed by atoms with Crippen LogP contribution in [0.25, 0.3) is 11.1 Å². The number of hydrogen-bond acceptors (Lipinski definition) is 8. The molecule has 0 saturated carbocycles. The van der Waals surface area contributed by atoms with Gasteiger partial charge in [-0.15, -0.1) is 0 Å². The number of anilines is 1. The lowest BCUT2D eigenvalue weighted by Gasteiger charge is -2.11. The number of ether oxygens (including phenoxy) is 3. The Morgan fingerprint density at radius 1 is 1.31 bits per heavy atom. The second kappa shape index (κ2) is 7.49. The molecule has 0 aliphatic rings. The van der Waals surface area contributed by atoms with E-state index in [-0.39, 0.29) is 17.8 Å². The summed E-state index contributed by atoms with van der Waals surface area (Å²) < 4.78 is 20.5. The number of nitrogens with zero attached hydrogens (tertiary/aromatic N) is 2. The van der Waals surface area contributed by atoms with Crippen molar-refractivity contribution in [1.29, 1.82) is 0 Å². The monoisotopic (exact) mass is 377 g/mol. The van der Waals surface area contributed by atoms with Crippen LogP contribution in [-0.2, 0) is 4.74 Å². The minimum atomic E-state index is -0.839. The predicted octanol–water partition coefficient (Wildman–Crippen LogP) is 4.20. The Bertz CT molecular complexity index is 943. The summed E-state index contributed by atoms with van der Waals surface area (Å²) in [5.74, 6) is 0.598. The number of benzene rings is 1. The summed E-state index contributed by atoms with van der Waals surface area (Å²) in [5, 5.41) is 3.70.